The van der Waals surface area contributed by atoms with Crippen molar-refractivity contribution in [3.63, 3.8) is 0 Å². The molecule has 1 atom stereocenters. The molecule has 1 saturated heterocycles. The number of fused-ring (bicyclic) bond motifs is 1. The quantitative estimate of drug-likeness (QED) is 0.832. The maximum Gasteiger partial charge on any atom is 0.247 e. The van der Waals surface area contributed by atoms with E-state index in [0.717, 1.165) is 48.2 Å². The van der Waals surface area contributed by atoms with Crippen LogP contribution in [0.3, 0.4) is 0 Å². The molecule has 2 aromatic heterocycles. The molecule has 0 radical (unpaired) electrons. The Labute approximate surface area is 160 Å². The number of anilines is 1. The Bertz CT molecular complexity index is 868. The van der Waals surface area contributed by atoms with Gasteiger partial charge < -0.3 is 9.80 Å². The number of rotatable bonds is 3. The monoisotopic (exact) mass is 368 g/mol. The molecule has 144 valence electrons. The molecule has 1 fully saturated rings. The van der Waals surface area contributed by atoms with Crippen molar-refractivity contribution in [2.45, 2.75) is 59.5 Å². The molecule has 4 heterocycles. The van der Waals surface area contributed by atoms with Gasteiger partial charge in [0.2, 0.25) is 5.91 Å². The lowest BCUT2D eigenvalue weighted by Gasteiger charge is -2.32. The third-order valence-electron chi connectivity index (χ3n) is 5.64. The smallest absolute Gasteiger partial charge is 0.247 e. The van der Waals surface area contributed by atoms with Crippen LogP contribution in [0, 0.1) is 20.8 Å². The molecule has 0 N–H and O–H groups in total. The number of hydrogen-bond acceptors (Lipinski definition) is 5. The van der Waals surface area contributed by atoms with Crippen LogP contribution in [-0.2, 0) is 17.8 Å². The molecular weight excluding hydrogens is 340 g/mol. The Kier molecular flexibility index (Phi) is 4.61. The second kappa shape index (κ2) is 6.94. The van der Waals surface area contributed by atoms with Crippen molar-refractivity contribution < 1.29 is 4.79 Å². The van der Waals surface area contributed by atoms with Gasteiger partial charge in [0.05, 0.1) is 17.9 Å². The van der Waals surface area contributed by atoms with Gasteiger partial charge >= 0.3 is 0 Å². The lowest BCUT2D eigenvalue weighted by molar-refractivity contribution is -0.135. The maximum absolute atomic E-state index is 13.1. The second-order valence-corrected chi connectivity index (χ2v) is 7.77. The molecule has 4 rings (SSSR count). The lowest BCUT2D eigenvalue weighted by Crippen LogP contribution is -2.41. The van der Waals surface area contributed by atoms with Crippen molar-refractivity contribution in [1.29, 1.82) is 0 Å². The molecule has 2 aliphatic rings. The standard InChI is InChI=1S/C20H28N6O/c1-13-11-14(2)26(23-13)15(3)20(27)25-10-7-17-18(12-25)21-16(4)22-19(17)24-8-5-6-9-24/h11,15H,5-10,12H2,1-4H3/t15-/m0/s1. The topological polar surface area (TPSA) is 67.2 Å². The van der Waals surface area contributed by atoms with E-state index in [9.17, 15) is 4.79 Å². The molecule has 7 heteroatoms. The summed E-state index contributed by atoms with van der Waals surface area (Å²) >= 11 is 0. The van der Waals surface area contributed by atoms with Crippen molar-refractivity contribution in [1.82, 2.24) is 24.6 Å². The van der Waals surface area contributed by atoms with E-state index in [0.29, 0.717) is 13.1 Å². The van der Waals surface area contributed by atoms with E-state index in [2.05, 4.69) is 15.0 Å². The van der Waals surface area contributed by atoms with Gasteiger partial charge in [-0.15, -0.1) is 0 Å². The number of aromatic nitrogens is 4. The first-order valence-electron chi connectivity index (χ1n) is 9.87. The minimum absolute atomic E-state index is 0.103. The SMILES string of the molecule is Cc1cc(C)n([C@@H](C)C(=O)N2CCc3c(nc(C)nc3N3CCCC3)C2)n1. The molecular formula is C20H28N6O. The Balaban J connectivity index is 1.57. The van der Waals surface area contributed by atoms with Crippen LogP contribution >= 0.6 is 0 Å². The first-order valence-corrected chi connectivity index (χ1v) is 9.87. The Hall–Kier alpha value is -2.44. The summed E-state index contributed by atoms with van der Waals surface area (Å²) < 4.78 is 1.83. The summed E-state index contributed by atoms with van der Waals surface area (Å²) in [5.74, 6) is 1.98. The molecule has 0 aromatic carbocycles. The van der Waals surface area contributed by atoms with Gasteiger partial charge in [-0.1, -0.05) is 0 Å². The molecule has 1 amide bonds. The van der Waals surface area contributed by atoms with E-state index in [1.165, 1.54) is 18.4 Å². The highest BCUT2D eigenvalue weighted by Gasteiger charge is 2.30. The minimum atomic E-state index is -0.304. The highest BCUT2D eigenvalue weighted by atomic mass is 16.2. The number of amides is 1. The molecule has 0 unspecified atom stereocenters. The van der Waals surface area contributed by atoms with Crippen LogP contribution in [0.5, 0.6) is 0 Å². The summed E-state index contributed by atoms with van der Waals surface area (Å²) in [4.78, 5) is 26.8. The van der Waals surface area contributed by atoms with Gasteiger partial charge in [-0.05, 0) is 53.0 Å². The summed E-state index contributed by atoms with van der Waals surface area (Å²) in [6.45, 7) is 11.2. The molecule has 7 nitrogen and oxygen atoms in total. The molecule has 2 aromatic rings. The van der Waals surface area contributed by atoms with Crippen LogP contribution in [0.2, 0.25) is 0 Å². The van der Waals surface area contributed by atoms with Crippen molar-refractivity contribution in [2.24, 2.45) is 0 Å². The fourth-order valence-electron chi connectivity index (χ4n) is 4.32. The molecule has 2 aliphatic heterocycles. The fourth-order valence-corrected chi connectivity index (χ4v) is 4.32. The average molecular weight is 368 g/mol. The normalized spacial score (nSPS) is 17.9. The van der Waals surface area contributed by atoms with Crippen molar-refractivity contribution in [2.75, 3.05) is 24.5 Å². The molecule has 0 spiro atoms. The third kappa shape index (κ3) is 3.31. The van der Waals surface area contributed by atoms with E-state index in [1.807, 2.05) is 43.3 Å². The van der Waals surface area contributed by atoms with Crippen molar-refractivity contribution >= 4 is 11.7 Å². The summed E-state index contributed by atoms with van der Waals surface area (Å²) in [5.41, 5.74) is 4.19. The van der Waals surface area contributed by atoms with Crippen LogP contribution < -0.4 is 4.90 Å². The molecule has 0 saturated carbocycles. The average Bonchev–Trinajstić information content (AvgIpc) is 3.28. The highest BCUT2D eigenvalue weighted by Crippen LogP contribution is 2.29. The summed E-state index contributed by atoms with van der Waals surface area (Å²) in [6.07, 6.45) is 3.27. The minimum Gasteiger partial charge on any atom is -0.356 e. The first kappa shape index (κ1) is 17.9. The van der Waals surface area contributed by atoms with Gasteiger partial charge in [-0.2, -0.15) is 5.10 Å². The number of nitrogens with zero attached hydrogens (tertiary/aromatic N) is 6. The van der Waals surface area contributed by atoms with Gasteiger partial charge in [0.25, 0.3) is 0 Å². The van der Waals surface area contributed by atoms with E-state index >= 15 is 0 Å². The number of carbonyl (C=O) groups excluding carboxylic acids is 1. The first-order chi connectivity index (χ1) is 12.9. The van der Waals surface area contributed by atoms with Crippen LogP contribution in [0.15, 0.2) is 6.07 Å². The molecule has 0 bridgehead atoms. The molecule has 27 heavy (non-hydrogen) atoms. The van der Waals surface area contributed by atoms with Gasteiger partial charge in [0.15, 0.2) is 0 Å². The van der Waals surface area contributed by atoms with E-state index < -0.39 is 0 Å². The zero-order valence-electron chi connectivity index (χ0n) is 16.7. The third-order valence-corrected chi connectivity index (χ3v) is 5.64. The van der Waals surface area contributed by atoms with Gasteiger partial charge in [-0.25, -0.2) is 9.97 Å². The van der Waals surface area contributed by atoms with Crippen LogP contribution in [0.1, 0.15) is 54.3 Å². The summed E-state index contributed by atoms with van der Waals surface area (Å²) in [5, 5.41) is 4.49. The van der Waals surface area contributed by atoms with Gasteiger partial charge in [0.1, 0.15) is 17.7 Å². The zero-order chi connectivity index (χ0) is 19.1. The van der Waals surface area contributed by atoms with Gasteiger partial charge in [-0.3, -0.25) is 9.48 Å². The molecule has 0 aliphatic carbocycles. The number of aryl methyl sites for hydroxylation is 3. The highest BCUT2D eigenvalue weighted by molar-refractivity contribution is 5.80. The van der Waals surface area contributed by atoms with Crippen molar-refractivity contribution in [3.05, 3.63) is 34.5 Å². The zero-order valence-corrected chi connectivity index (χ0v) is 16.7. The fraction of sp³-hybridized carbons (Fsp3) is 0.600. The van der Waals surface area contributed by atoms with Crippen molar-refractivity contribution in [3.8, 4) is 0 Å². The van der Waals surface area contributed by atoms with E-state index in [4.69, 9.17) is 4.98 Å². The van der Waals surface area contributed by atoms with E-state index in [1.54, 1.807) is 0 Å². The maximum atomic E-state index is 13.1. The largest absolute Gasteiger partial charge is 0.356 e. The van der Waals surface area contributed by atoms with Crippen LogP contribution in [0.25, 0.3) is 0 Å². The Morgan fingerprint density at radius 2 is 1.85 bits per heavy atom. The summed E-state index contributed by atoms with van der Waals surface area (Å²) in [7, 11) is 0. The lowest BCUT2D eigenvalue weighted by atomic mass is 10.0. The number of carbonyl (C=O) groups is 1. The summed E-state index contributed by atoms with van der Waals surface area (Å²) in [6, 6.07) is 1.70. The Morgan fingerprint density at radius 1 is 1.11 bits per heavy atom. The Morgan fingerprint density at radius 3 is 2.52 bits per heavy atom. The van der Waals surface area contributed by atoms with Crippen LogP contribution in [-0.4, -0.2) is 50.2 Å². The predicted octanol–water partition coefficient (Wildman–Crippen LogP) is 2.34. The van der Waals surface area contributed by atoms with E-state index in [-0.39, 0.29) is 11.9 Å². The predicted molar refractivity (Wildman–Crippen MR) is 104 cm³/mol. The number of hydrogen-bond donors (Lipinski definition) is 0. The second-order valence-electron chi connectivity index (χ2n) is 7.77. The van der Waals surface area contributed by atoms with Crippen LogP contribution in [0.4, 0.5) is 5.82 Å². The van der Waals surface area contributed by atoms with Gasteiger partial charge in [0, 0.05) is 30.9 Å².